The maximum absolute atomic E-state index is 12.0. The van der Waals surface area contributed by atoms with Gasteiger partial charge < -0.3 is 5.11 Å². The Hall–Kier alpha value is -3.69. The Kier molecular flexibility index (Phi) is 7.33. The number of hydrogen-bond donors (Lipinski definition) is 1. The molecule has 0 aliphatic carbocycles. The Labute approximate surface area is 196 Å². The van der Waals surface area contributed by atoms with Crippen LogP contribution in [0, 0.1) is 0 Å². The van der Waals surface area contributed by atoms with Crippen molar-refractivity contribution in [2.75, 3.05) is 0 Å². The van der Waals surface area contributed by atoms with Crippen LogP contribution in [-0.2, 0) is 11.3 Å². The number of carboxylic acid groups (broad SMARTS) is 1. The number of hydrogen-bond acceptors (Lipinski definition) is 2. The molecular formula is C30H29NO2. The normalized spacial score (nSPS) is 12.9. The van der Waals surface area contributed by atoms with Crippen LogP contribution in [0.4, 0.5) is 0 Å². The van der Waals surface area contributed by atoms with Gasteiger partial charge in [-0.3, -0.25) is 9.69 Å². The van der Waals surface area contributed by atoms with Gasteiger partial charge in [0.2, 0.25) is 0 Å². The van der Waals surface area contributed by atoms with E-state index < -0.39 is 5.97 Å². The lowest BCUT2D eigenvalue weighted by molar-refractivity contribution is -0.138. The number of aliphatic carboxylic acids is 1. The zero-order valence-electron chi connectivity index (χ0n) is 18.8. The second kappa shape index (κ2) is 10.8. The van der Waals surface area contributed by atoms with Crippen LogP contribution in [0.25, 0.3) is 11.1 Å². The average Bonchev–Trinajstić information content (AvgIpc) is 2.87. The number of carbonyl (C=O) groups is 1. The molecule has 1 unspecified atom stereocenters. The Morgan fingerprint density at radius 3 is 1.91 bits per heavy atom. The van der Waals surface area contributed by atoms with E-state index in [-0.39, 0.29) is 18.5 Å². The second-order valence-corrected chi connectivity index (χ2v) is 8.35. The van der Waals surface area contributed by atoms with Gasteiger partial charge in [-0.2, -0.15) is 0 Å². The molecule has 0 bridgehead atoms. The summed E-state index contributed by atoms with van der Waals surface area (Å²) in [4.78, 5) is 14.3. The highest BCUT2D eigenvalue weighted by molar-refractivity contribution is 5.69. The van der Waals surface area contributed by atoms with Gasteiger partial charge in [0.05, 0.1) is 6.42 Å². The predicted octanol–water partition coefficient (Wildman–Crippen LogP) is 7.13. The standard InChI is InChI=1S/C30H29NO2/c1-23(25-14-7-3-8-15-25)31(22-24-12-5-2-6-13-24)29(21-30(32)33)28-19-11-18-27(20-28)26-16-9-4-10-17-26/h2-20,23,29H,21-22H2,1H3,(H,32,33)/t23-,29?/m1/s1. The Bertz CT molecular complexity index is 1160. The Morgan fingerprint density at radius 1 is 0.727 bits per heavy atom. The molecule has 0 saturated heterocycles. The largest absolute Gasteiger partial charge is 0.481 e. The van der Waals surface area contributed by atoms with Crippen molar-refractivity contribution in [3.05, 3.63) is 132 Å². The summed E-state index contributed by atoms with van der Waals surface area (Å²) in [6, 6.07) is 38.9. The zero-order valence-corrected chi connectivity index (χ0v) is 18.8. The van der Waals surface area contributed by atoms with Crippen LogP contribution < -0.4 is 0 Å². The van der Waals surface area contributed by atoms with Crippen molar-refractivity contribution in [3.8, 4) is 11.1 Å². The third kappa shape index (κ3) is 5.76. The van der Waals surface area contributed by atoms with E-state index in [0.717, 1.165) is 22.3 Å². The lowest BCUT2D eigenvalue weighted by atomic mass is 9.94. The van der Waals surface area contributed by atoms with Crippen molar-refractivity contribution in [2.45, 2.75) is 32.0 Å². The number of rotatable bonds is 9. The van der Waals surface area contributed by atoms with Crippen LogP contribution in [0.2, 0.25) is 0 Å². The van der Waals surface area contributed by atoms with E-state index in [2.05, 4.69) is 66.4 Å². The fraction of sp³-hybridized carbons (Fsp3) is 0.167. The Balaban J connectivity index is 1.77. The summed E-state index contributed by atoms with van der Waals surface area (Å²) in [5, 5.41) is 9.87. The van der Waals surface area contributed by atoms with Crippen LogP contribution >= 0.6 is 0 Å². The molecule has 0 aliphatic rings. The highest BCUT2D eigenvalue weighted by Crippen LogP contribution is 2.36. The van der Waals surface area contributed by atoms with Gasteiger partial charge in [0.15, 0.2) is 0 Å². The molecule has 1 N–H and O–H groups in total. The Morgan fingerprint density at radius 2 is 1.27 bits per heavy atom. The topological polar surface area (TPSA) is 40.5 Å². The molecule has 4 aromatic rings. The van der Waals surface area contributed by atoms with Crippen molar-refractivity contribution in [3.63, 3.8) is 0 Å². The van der Waals surface area contributed by atoms with Crippen molar-refractivity contribution < 1.29 is 9.90 Å². The van der Waals surface area contributed by atoms with Gasteiger partial charge in [-0.1, -0.05) is 109 Å². The van der Waals surface area contributed by atoms with E-state index >= 15 is 0 Å². The smallest absolute Gasteiger partial charge is 0.305 e. The van der Waals surface area contributed by atoms with Crippen LogP contribution in [-0.4, -0.2) is 16.0 Å². The van der Waals surface area contributed by atoms with E-state index in [0.29, 0.717) is 6.54 Å². The summed E-state index contributed by atoms with van der Waals surface area (Å²) in [5.41, 5.74) is 5.56. The van der Waals surface area contributed by atoms with Crippen molar-refractivity contribution in [1.29, 1.82) is 0 Å². The second-order valence-electron chi connectivity index (χ2n) is 8.35. The molecular weight excluding hydrogens is 406 g/mol. The average molecular weight is 436 g/mol. The fourth-order valence-electron chi connectivity index (χ4n) is 4.38. The van der Waals surface area contributed by atoms with Crippen molar-refractivity contribution in [2.24, 2.45) is 0 Å². The maximum Gasteiger partial charge on any atom is 0.305 e. The first-order valence-corrected chi connectivity index (χ1v) is 11.3. The monoisotopic (exact) mass is 435 g/mol. The highest BCUT2D eigenvalue weighted by Gasteiger charge is 2.28. The molecule has 0 amide bonds. The summed E-state index contributed by atoms with van der Waals surface area (Å²) in [6.07, 6.45) is 0.0300. The van der Waals surface area contributed by atoms with E-state index in [1.165, 1.54) is 5.56 Å². The van der Waals surface area contributed by atoms with E-state index in [4.69, 9.17) is 0 Å². The summed E-state index contributed by atoms with van der Waals surface area (Å²) in [7, 11) is 0. The van der Waals surface area contributed by atoms with Gasteiger partial charge >= 0.3 is 5.97 Å². The molecule has 0 radical (unpaired) electrons. The van der Waals surface area contributed by atoms with Gasteiger partial charge in [-0.05, 0) is 40.8 Å². The molecule has 0 saturated carbocycles. The van der Waals surface area contributed by atoms with Crippen LogP contribution in [0.3, 0.4) is 0 Å². The molecule has 0 fully saturated rings. The number of nitrogens with zero attached hydrogens (tertiary/aromatic N) is 1. The minimum absolute atomic E-state index is 0.0300. The summed E-state index contributed by atoms with van der Waals surface area (Å²) in [5.74, 6) is -0.802. The van der Waals surface area contributed by atoms with Gasteiger partial charge in [-0.25, -0.2) is 0 Å². The first-order valence-electron chi connectivity index (χ1n) is 11.3. The lowest BCUT2D eigenvalue weighted by Crippen LogP contribution is -2.32. The molecule has 166 valence electrons. The SMILES string of the molecule is C[C@H](c1ccccc1)N(Cc1ccccc1)C(CC(=O)O)c1cccc(-c2ccccc2)c1. The lowest BCUT2D eigenvalue weighted by Gasteiger charge is -2.37. The first kappa shape index (κ1) is 22.5. The predicted molar refractivity (Wildman–Crippen MR) is 134 cm³/mol. The minimum atomic E-state index is -0.802. The fourth-order valence-corrected chi connectivity index (χ4v) is 4.38. The van der Waals surface area contributed by atoms with Gasteiger partial charge in [-0.15, -0.1) is 0 Å². The van der Waals surface area contributed by atoms with E-state index in [9.17, 15) is 9.90 Å². The highest BCUT2D eigenvalue weighted by atomic mass is 16.4. The summed E-state index contributed by atoms with van der Waals surface area (Å²) < 4.78 is 0. The van der Waals surface area contributed by atoms with Gasteiger partial charge in [0, 0.05) is 18.6 Å². The van der Waals surface area contributed by atoms with Gasteiger partial charge in [0.25, 0.3) is 0 Å². The minimum Gasteiger partial charge on any atom is -0.481 e. The molecule has 4 rings (SSSR count). The van der Waals surface area contributed by atoms with Crippen molar-refractivity contribution >= 4 is 5.97 Å². The number of benzene rings is 4. The third-order valence-electron chi connectivity index (χ3n) is 6.13. The van der Waals surface area contributed by atoms with Crippen LogP contribution in [0.1, 0.15) is 42.1 Å². The van der Waals surface area contributed by atoms with Crippen LogP contribution in [0.5, 0.6) is 0 Å². The van der Waals surface area contributed by atoms with Gasteiger partial charge in [0.1, 0.15) is 0 Å². The number of carboxylic acids is 1. The van der Waals surface area contributed by atoms with Crippen LogP contribution in [0.15, 0.2) is 115 Å². The molecule has 0 spiro atoms. The van der Waals surface area contributed by atoms with E-state index in [1.54, 1.807) is 0 Å². The third-order valence-corrected chi connectivity index (χ3v) is 6.13. The molecule has 0 aromatic heterocycles. The summed E-state index contributed by atoms with van der Waals surface area (Å²) in [6.45, 7) is 2.82. The first-order chi connectivity index (χ1) is 16.1. The van der Waals surface area contributed by atoms with Crippen molar-refractivity contribution in [1.82, 2.24) is 4.90 Å². The quantitative estimate of drug-likeness (QED) is 0.304. The molecule has 0 aliphatic heterocycles. The molecule has 4 aromatic carbocycles. The molecule has 33 heavy (non-hydrogen) atoms. The molecule has 3 nitrogen and oxygen atoms in total. The molecule has 3 heteroatoms. The zero-order chi connectivity index (χ0) is 23.0. The maximum atomic E-state index is 12.0. The summed E-state index contributed by atoms with van der Waals surface area (Å²) >= 11 is 0. The molecule has 2 atom stereocenters. The molecule has 0 heterocycles. The van der Waals surface area contributed by atoms with E-state index in [1.807, 2.05) is 60.7 Å².